The first kappa shape index (κ1) is 17.4. The molecule has 2 aromatic rings. The molecule has 2 rings (SSSR count). The van der Waals surface area contributed by atoms with Crippen molar-refractivity contribution >= 4 is 10.0 Å². The zero-order valence-electron chi connectivity index (χ0n) is 13.2. The van der Waals surface area contributed by atoms with Gasteiger partial charge in [0, 0.05) is 12.2 Å². The fraction of sp³-hybridized carbons (Fsp3) is 0.400. The lowest BCUT2D eigenvalue weighted by Gasteiger charge is -2.15. The summed E-state index contributed by atoms with van der Waals surface area (Å²) in [5.41, 5.74) is 0. The highest BCUT2D eigenvalue weighted by Gasteiger charge is 2.20. The van der Waals surface area contributed by atoms with Crippen LogP contribution in [0, 0.1) is 5.82 Å². The van der Waals surface area contributed by atoms with Crippen molar-refractivity contribution in [1.82, 2.24) is 14.5 Å². The molecule has 0 aliphatic carbocycles. The molecule has 0 saturated heterocycles. The van der Waals surface area contributed by atoms with Gasteiger partial charge in [-0.2, -0.15) is 5.10 Å². The van der Waals surface area contributed by atoms with E-state index in [2.05, 4.69) is 9.82 Å². The smallest absolute Gasteiger partial charge is 0.244 e. The molecule has 126 valence electrons. The topological polar surface area (TPSA) is 73.2 Å². The molecule has 1 N–H and O–H groups in total. The van der Waals surface area contributed by atoms with E-state index < -0.39 is 21.9 Å². The first-order chi connectivity index (χ1) is 10.8. The number of nitrogens with one attached hydrogen (secondary N) is 1. The molecule has 0 amide bonds. The van der Waals surface area contributed by atoms with Gasteiger partial charge in [0.25, 0.3) is 0 Å². The Kier molecular flexibility index (Phi) is 5.38. The van der Waals surface area contributed by atoms with E-state index in [9.17, 15) is 12.8 Å². The Labute approximate surface area is 135 Å². The van der Waals surface area contributed by atoms with Crippen molar-refractivity contribution in [2.45, 2.75) is 37.8 Å². The number of halogens is 1. The summed E-state index contributed by atoms with van der Waals surface area (Å²) in [6.07, 6.45) is 2.77. The molecule has 0 aliphatic heterocycles. The molecule has 1 atom stereocenters. The number of nitrogens with zero attached hydrogens (tertiary/aromatic N) is 2. The molecule has 0 unspecified atom stereocenters. The average molecular weight is 341 g/mol. The average Bonchev–Trinajstić information content (AvgIpc) is 2.97. The third kappa shape index (κ3) is 4.52. The van der Waals surface area contributed by atoms with Crippen LogP contribution in [0.2, 0.25) is 0 Å². The number of benzene rings is 1. The lowest BCUT2D eigenvalue weighted by molar-refractivity contribution is 0.274. The third-order valence-corrected chi connectivity index (χ3v) is 4.64. The van der Waals surface area contributed by atoms with Crippen LogP contribution >= 0.6 is 0 Å². The molecule has 0 spiro atoms. The van der Waals surface area contributed by atoms with Crippen molar-refractivity contribution < 1.29 is 17.5 Å². The van der Waals surface area contributed by atoms with E-state index in [0.717, 1.165) is 0 Å². The van der Waals surface area contributed by atoms with Gasteiger partial charge in [-0.15, -0.1) is 0 Å². The van der Waals surface area contributed by atoms with Crippen molar-refractivity contribution in [3.63, 3.8) is 0 Å². The van der Waals surface area contributed by atoms with Gasteiger partial charge in [0.05, 0.1) is 12.2 Å². The number of hydrogen-bond donors (Lipinski definition) is 1. The quantitative estimate of drug-likeness (QED) is 0.839. The second kappa shape index (κ2) is 7.10. The van der Waals surface area contributed by atoms with E-state index in [4.69, 9.17) is 4.74 Å². The fourth-order valence-corrected chi connectivity index (χ4v) is 3.05. The zero-order valence-corrected chi connectivity index (χ0v) is 14.0. The number of ether oxygens (including phenoxy) is 1. The van der Waals surface area contributed by atoms with Crippen LogP contribution in [0.25, 0.3) is 0 Å². The molecule has 0 bridgehead atoms. The van der Waals surface area contributed by atoms with Gasteiger partial charge in [0.1, 0.15) is 11.5 Å². The molecule has 0 radical (unpaired) electrons. The van der Waals surface area contributed by atoms with Gasteiger partial charge in [-0.1, -0.05) is 12.1 Å². The summed E-state index contributed by atoms with van der Waals surface area (Å²) in [7, 11) is -3.69. The van der Waals surface area contributed by atoms with Crippen LogP contribution in [-0.4, -0.2) is 30.8 Å². The normalized spacial score (nSPS) is 13.3. The van der Waals surface area contributed by atoms with E-state index in [1.807, 2.05) is 13.8 Å². The Bertz CT molecular complexity index is 759. The van der Waals surface area contributed by atoms with Gasteiger partial charge in [0.2, 0.25) is 10.0 Å². The number of hydrogen-bond acceptors (Lipinski definition) is 4. The lowest BCUT2D eigenvalue weighted by atomic mass is 10.3. The number of rotatable bonds is 7. The molecule has 6 nitrogen and oxygen atoms in total. The molecule has 0 aliphatic rings. The summed E-state index contributed by atoms with van der Waals surface area (Å²) >= 11 is 0. The molecular weight excluding hydrogens is 321 g/mol. The molecule has 8 heteroatoms. The molecular formula is C15H20FN3O3S. The van der Waals surface area contributed by atoms with Crippen molar-refractivity contribution in [3.8, 4) is 5.75 Å². The van der Waals surface area contributed by atoms with Crippen LogP contribution < -0.4 is 9.46 Å². The number of aromatic nitrogens is 2. The van der Waals surface area contributed by atoms with Crippen molar-refractivity contribution in [3.05, 3.63) is 42.5 Å². The van der Waals surface area contributed by atoms with Crippen molar-refractivity contribution in [2.75, 3.05) is 6.61 Å². The van der Waals surface area contributed by atoms with Gasteiger partial charge in [-0.3, -0.25) is 4.68 Å². The summed E-state index contributed by atoms with van der Waals surface area (Å²) in [5.74, 6) is -0.396. The summed E-state index contributed by atoms with van der Waals surface area (Å²) in [5, 5.41) is 4.01. The number of para-hydroxylation sites is 1. The van der Waals surface area contributed by atoms with Gasteiger partial charge in [0.15, 0.2) is 11.6 Å². The Morgan fingerprint density at radius 2 is 2.00 bits per heavy atom. The SMILES string of the molecule is CC(C)n1cc(S(=O)(=O)N[C@H](C)COc2ccccc2F)cn1. The van der Waals surface area contributed by atoms with E-state index in [0.29, 0.717) is 0 Å². The van der Waals surface area contributed by atoms with Crippen LogP contribution in [0.4, 0.5) is 4.39 Å². The second-order valence-corrected chi connectivity index (χ2v) is 7.23. The maximum atomic E-state index is 13.4. The van der Waals surface area contributed by atoms with E-state index in [-0.39, 0.29) is 23.3 Å². The minimum Gasteiger partial charge on any atom is -0.489 e. The first-order valence-electron chi connectivity index (χ1n) is 7.23. The number of sulfonamides is 1. The molecule has 1 aromatic carbocycles. The standard InChI is InChI=1S/C15H20FN3O3S/c1-11(2)19-9-13(8-17-19)23(20,21)18-12(3)10-22-15-7-5-4-6-14(15)16/h4-9,11-12,18H,10H2,1-3H3/t12-/m1/s1. The maximum Gasteiger partial charge on any atom is 0.244 e. The van der Waals surface area contributed by atoms with Gasteiger partial charge in [-0.25, -0.2) is 17.5 Å². The minimum absolute atomic E-state index is 0.0124. The van der Waals surface area contributed by atoms with Crippen LogP contribution in [0.1, 0.15) is 26.8 Å². The van der Waals surface area contributed by atoms with Crippen LogP contribution in [-0.2, 0) is 10.0 Å². The molecule has 1 aromatic heterocycles. The monoisotopic (exact) mass is 341 g/mol. The van der Waals surface area contributed by atoms with Gasteiger partial charge in [-0.05, 0) is 32.9 Å². The molecule has 23 heavy (non-hydrogen) atoms. The Morgan fingerprint density at radius 1 is 1.30 bits per heavy atom. The summed E-state index contributed by atoms with van der Waals surface area (Å²) in [4.78, 5) is 0.0870. The van der Waals surface area contributed by atoms with Crippen LogP contribution in [0.15, 0.2) is 41.6 Å². The fourth-order valence-electron chi connectivity index (χ4n) is 1.89. The maximum absolute atomic E-state index is 13.4. The van der Waals surface area contributed by atoms with E-state index >= 15 is 0 Å². The third-order valence-electron chi connectivity index (χ3n) is 3.10. The summed E-state index contributed by atoms with van der Waals surface area (Å²) in [6.45, 7) is 5.47. The predicted molar refractivity (Wildman–Crippen MR) is 84.3 cm³/mol. The highest BCUT2D eigenvalue weighted by molar-refractivity contribution is 7.89. The van der Waals surface area contributed by atoms with Gasteiger partial charge < -0.3 is 4.74 Å². The minimum atomic E-state index is -3.69. The first-order valence-corrected chi connectivity index (χ1v) is 8.71. The Balaban J connectivity index is 1.98. The highest BCUT2D eigenvalue weighted by atomic mass is 32.2. The highest BCUT2D eigenvalue weighted by Crippen LogP contribution is 2.16. The summed E-state index contributed by atoms with van der Waals surface area (Å²) in [6, 6.07) is 5.52. The van der Waals surface area contributed by atoms with Crippen LogP contribution in [0.5, 0.6) is 5.75 Å². The van der Waals surface area contributed by atoms with E-state index in [1.54, 1.807) is 23.7 Å². The Hall–Kier alpha value is -1.93. The van der Waals surface area contributed by atoms with Crippen LogP contribution in [0.3, 0.4) is 0 Å². The molecule has 0 fully saturated rings. The second-order valence-electron chi connectivity index (χ2n) is 5.51. The lowest BCUT2D eigenvalue weighted by Crippen LogP contribution is -2.36. The van der Waals surface area contributed by atoms with Crippen molar-refractivity contribution in [1.29, 1.82) is 0 Å². The van der Waals surface area contributed by atoms with E-state index in [1.165, 1.54) is 24.5 Å². The zero-order chi connectivity index (χ0) is 17.0. The van der Waals surface area contributed by atoms with Gasteiger partial charge >= 0.3 is 0 Å². The van der Waals surface area contributed by atoms with Crippen molar-refractivity contribution in [2.24, 2.45) is 0 Å². The Morgan fingerprint density at radius 3 is 2.61 bits per heavy atom. The summed E-state index contributed by atoms with van der Waals surface area (Å²) < 4.78 is 47.3. The molecule has 0 saturated carbocycles. The largest absolute Gasteiger partial charge is 0.489 e. The predicted octanol–water partition coefficient (Wildman–Crippen LogP) is 2.35. The molecule has 1 heterocycles.